The summed E-state index contributed by atoms with van der Waals surface area (Å²) in [5.74, 6) is -10.5. The van der Waals surface area contributed by atoms with Gasteiger partial charge >= 0.3 is 29.7 Å². The van der Waals surface area contributed by atoms with E-state index >= 15 is 0 Å². The third-order valence-electron chi connectivity index (χ3n) is 3.05. The van der Waals surface area contributed by atoms with E-state index in [0.717, 1.165) is 18.2 Å². The molecule has 0 aromatic carbocycles. The van der Waals surface area contributed by atoms with Gasteiger partial charge in [0.1, 0.15) is 0 Å². The van der Waals surface area contributed by atoms with Crippen LogP contribution in [0.5, 0.6) is 0 Å². The average molecular weight is 422 g/mol. The minimum absolute atomic E-state index is 0.859. The quantitative estimate of drug-likeness (QED) is 0.195. The largest absolute Gasteiger partial charge is 0.454 e. The molecule has 0 unspecified atom stereocenters. The summed E-state index contributed by atoms with van der Waals surface area (Å²) in [6.45, 7) is 3.85. The second kappa shape index (κ2) is 13.8. The zero-order valence-corrected chi connectivity index (χ0v) is 16.9. The molecule has 0 rings (SSSR count). The first-order valence-corrected chi connectivity index (χ1v) is 8.79. The molecule has 0 aromatic rings. The summed E-state index contributed by atoms with van der Waals surface area (Å²) in [6.07, 6.45) is 15.8. The Morgan fingerprint density at radius 3 is 1.37 bits per heavy atom. The Balaban J connectivity index is 5.84. The van der Waals surface area contributed by atoms with Crippen molar-refractivity contribution in [1.29, 1.82) is 0 Å². The van der Waals surface area contributed by atoms with Crippen LogP contribution in [0.2, 0.25) is 0 Å². The molecule has 3 N–H and O–H groups in total. The summed E-state index contributed by atoms with van der Waals surface area (Å²) >= 11 is 0. The van der Waals surface area contributed by atoms with Crippen molar-refractivity contribution in [2.75, 3.05) is 6.61 Å². The maximum absolute atomic E-state index is 12.0. The molecule has 0 saturated carbocycles. The van der Waals surface area contributed by atoms with Gasteiger partial charge in [-0.05, 0) is 20.8 Å². The second-order valence-corrected chi connectivity index (χ2v) is 5.49. The van der Waals surface area contributed by atoms with E-state index in [0.29, 0.717) is 0 Å². The predicted octanol–water partition coefficient (Wildman–Crippen LogP) is 1.34. The summed E-state index contributed by atoms with van der Waals surface area (Å²) in [5, 5.41) is 29.3. The summed E-state index contributed by atoms with van der Waals surface area (Å²) in [5.41, 5.74) is 0. The maximum atomic E-state index is 12.0. The van der Waals surface area contributed by atoms with Gasteiger partial charge in [0.2, 0.25) is 0 Å². The maximum Gasteiger partial charge on any atom is 0.374 e. The van der Waals surface area contributed by atoms with Gasteiger partial charge in [-0.25, -0.2) is 14.4 Å². The van der Waals surface area contributed by atoms with E-state index in [-0.39, 0.29) is 0 Å². The van der Waals surface area contributed by atoms with Gasteiger partial charge in [-0.3, -0.25) is 0 Å². The van der Waals surface area contributed by atoms with Crippen LogP contribution >= 0.6 is 0 Å². The monoisotopic (exact) mass is 422 g/mol. The lowest BCUT2D eigenvalue weighted by atomic mass is 10.2. The van der Waals surface area contributed by atoms with Gasteiger partial charge in [0.15, 0.2) is 6.61 Å². The van der Waals surface area contributed by atoms with Crippen LogP contribution in [0.4, 0.5) is 0 Å². The number of hydrogen-bond donors (Lipinski definition) is 3. The Labute approximate surface area is 174 Å². The lowest BCUT2D eigenvalue weighted by Crippen LogP contribution is -2.62. The van der Waals surface area contributed by atoms with E-state index in [2.05, 4.69) is 0 Å². The first-order chi connectivity index (χ1) is 14.1. The van der Waals surface area contributed by atoms with E-state index in [1.54, 1.807) is 39.0 Å². The third kappa shape index (κ3) is 10.3. The number of carbonyl (C=O) groups excluding carboxylic acids is 3. The first kappa shape index (κ1) is 26.7. The zero-order valence-electron chi connectivity index (χ0n) is 16.9. The van der Waals surface area contributed by atoms with Gasteiger partial charge in [0.25, 0.3) is 0 Å². The fourth-order valence-electron chi connectivity index (χ4n) is 1.66. The van der Waals surface area contributed by atoms with Crippen molar-refractivity contribution in [1.82, 2.24) is 0 Å². The lowest BCUT2D eigenvalue weighted by molar-refractivity contribution is -0.448. The van der Waals surface area contributed by atoms with Crippen molar-refractivity contribution in [2.45, 2.75) is 32.5 Å². The highest BCUT2D eigenvalue weighted by atomic mass is 16.8. The summed E-state index contributed by atoms with van der Waals surface area (Å²) in [6, 6.07) is 0. The number of allylic oxidation sites excluding steroid dienone is 9. The number of aliphatic hydroxyl groups is 3. The van der Waals surface area contributed by atoms with Crippen LogP contribution in [0.15, 0.2) is 72.9 Å². The van der Waals surface area contributed by atoms with Gasteiger partial charge in [-0.15, -0.1) is 0 Å². The molecule has 0 atom stereocenters. The summed E-state index contributed by atoms with van der Waals surface area (Å²) in [7, 11) is 0. The number of ether oxygens (including phenoxy) is 3. The summed E-state index contributed by atoms with van der Waals surface area (Å²) in [4.78, 5) is 35.8. The topological polar surface area (TPSA) is 140 Å². The Morgan fingerprint density at radius 2 is 1.03 bits per heavy atom. The normalized spacial score (nSPS) is 13.4. The molecule has 9 heteroatoms. The fourth-order valence-corrected chi connectivity index (χ4v) is 1.66. The molecule has 0 aliphatic carbocycles. The van der Waals surface area contributed by atoms with Crippen LogP contribution < -0.4 is 0 Å². The van der Waals surface area contributed by atoms with Crippen molar-refractivity contribution in [3.8, 4) is 0 Å². The van der Waals surface area contributed by atoms with E-state index in [1.807, 2.05) is 0 Å². The van der Waals surface area contributed by atoms with Gasteiger partial charge in [0.05, 0.1) is 0 Å². The first-order valence-electron chi connectivity index (χ1n) is 8.79. The molecule has 164 valence electrons. The van der Waals surface area contributed by atoms with Crippen molar-refractivity contribution in [2.24, 2.45) is 0 Å². The van der Waals surface area contributed by atoms with E-state index in [9.17, 15) is 29.7 Å². The number of rotatable bonds is 11. The Kier molecular flexibility index (Phi) is 12.3. The van der Waals surface area contributed by atoms with Gasteiger partial charge < -0.3 is 29.5 Å². The number of hydrogen-bond acceptors (Lipinski definition) is 9. The van der Waals surface area contributed by atoms with Crippen LogP contribution in [-0.4, -0.2) is 51.6 Å². The highest BCUT2D eigenvalue weighted by molar-refractivity contribution is 5.85. The van der Waals surface area contributed by atoms with Crippen LogP contribution in [0.25, 0.3) is 0 Å². The zero-order chi connectivity index (χ0) is 23.0. The minimum atomic E-state index is -3.91. The molecule has 0 aliphatic heterocycles. The average Bonchev–Trinajstić information content (AvgIpc) is 2.66. The molecular formula is C21H26O9. The van der Waals surface area contributed by atoms with E-state index < -0.39 is 36.3 Å². The predicted molar refractivity (Wildman–Crippen MR) is 107 cm³/mol. The molecule has 0 fully saturated rings. The molecule has 0 amide bonds. The van der Waals surface area contributed by atoms with Gasteiger partial charge in [-0.1, -0.05) is 54.7 Å². The van der Waals surface area contributed by atoms with Crippen LogP contribution in [0, 0.1) is 0 Å². The molecule has 9 nitrogen and oxygen atoms in total. The number of esters is 3. The second-order valence-electron chi connectivity index (χ2n) is 5.49. The molecule has 0 radical (unpaired) electrons. The highest BCUT2D eigenvalue weighted by Gasteiger charge is 2.58. The Bertz CT molecular complexity index is 711. The standard InChI is InChI=1S/C21H26O9/c1-4-7-10-13-17(22)28-16-20(21(25,26)27,29-18(23)14-11-8-5-2)30-19(24)15-12-9-6-3/h4-15,25-27H,16H2,1-3H3/b7-4+,8-5+,9-6+,13-10+,14-11+,15-12+. The Hall–Kier alpha value is -3.27. The minimum Gasteiger partial charge on any atom is -0.454 e. The highest BCUT2D eigenvalue weighted by Crippen LogP contribution is 2.26. The van der Waals surface area contributed by atoms with E-state index in [1.165, 1.54) is 36.5 Å². The fraction of sp³-hybridized carbons (Fsp3) is 0.286. The van der Waals surface area contributed by atoms with Crippen molar-refractivity contribution in [3.63, 3.8) is 0 Å². The molecule has 0 aliphatic rings. The van der Waals surface area contributed by atoms with Crippen molar-refractivity contribution in [3.05, 3.63) is 72.9 Å². The van der Waals surface area contributed by atoms with Crippen molar-refractivity contribution < 1.29 is 43.9 Å². The van der Waals surface area contributed by atoms with Gasteiger partial charge in [-0.2, -0.15) is 0 Å². The van der Waals surface area contributed by atoms with Crippen LogP contribution in [-0.2, 0) is 28.6 Å². The molecule has 0 saturated heterocycles. The lowest BCUT2D eigenvalue weighted by Gasteiger charge is -2.36. The summed E-state index contributed by atoms with van der Waals surface area (Å²) < 4.78 is 14.3. The Morgan fingerprint density at radius 1 is 0.667 bits per heavy atom. The van der Waals surface area contributed by atoms with E-state index in [4.69, 9.17) is 14.2 Å². The number of carbonyl (C=O) groups is 3. The third-order valence-corrected chi connectivity index (χ3v) is 3.05. The molecule has 0 spiro atoms. The smallest absolute Gasteiger partial charge is 0.374 e. The SMILES string of the molecule is C/C=C/C=C/C(=O)OCC(OC(=O)/C=C/C=C/C)(OC(=O)/C=C/C=C/C)C(O)(O)O. The molecule has 0 heterocycles. The molecule has 0 bridgehead atoms. The van der Waals surface area contributed by atoms with Gasteiger partial charge in [0, 0.05) is 18.2 Å². The molecule has 30 heavy (non-hydrogen) atoms. The molecule has 0 aromatic heterocycles. The van der Waals surface area contributed by atoms with Crippen molar-refractivity contribution >= 4 is 17.9 Å². The molecular weight excluding hydrogens is 396 g/mol. The van der Waals surface area contributed by atoms with Crippen LogP contribution in [0.3, 0.4) is 0 Å². The van der Waals surface area contributed by atoms with Crippen LogP contribution in [0.1, 0.15) is 20.8 Å².